The first-order valence-corrected chi connectivity index (χ1v) is 8.15. The summed E-state index contributed by atoms with van der Waals surface area (Å²) in [4.78, 5) is 11.9. The molecule has 1 amide bonds. The predicted octanol–water partition coefficient (Wildman–Crippen LogP) is 4.80. The monoisotopic (exact) mass is 350 g/mol. The first-order valence-electron chi connectivity index (χ1n) is 7.02. The molecule has 1 rings (SSSR count). The molecular weight excluding hydrogens is 331 g/mol. The van der Waals surface area contributed by atoms with Gasteiger partial charge in [0, 0.05) is 12.1 Å². The minimum Gasteiger partial charge on any atom is -0.362 e. The highest BCUT2D eigenvalue weighted by atomic mass is 35.6. The summed E-state index contributed by atoms with van der Waals surface area (Å²) in [5.74, 6) is -0.125. The van der Waals surface area contributed by atoms with E-state index in [0.29, 0.717) is 6.42 Å². The molecule has 1 atom stereocenters. The summed E-state index contributed by atoms with van der Waals surface area (Å²) >= 11 is 17.8. The van der Waals surface area contributed by atoms with Crippen molar-refractivity contribution in [2.75, 3.05) is 5.32 Å². The van der Waals surface area contributed by atoms with E-state index in [1.54, 1.807) is 0 Å². The summed E-state index contributed by atoms with van der Waals surface area (Å²) in [5, 5.41) is 5.79. The van der Waals surface area contributed by atoms with E-state index in [9.17, 15) is 4.79 Å². The largest absolute Gasteiger partial charge is 0.362 e. The fourth-order valence-corrected chi connectivity index (χ4v) is 2.20. The number of amides is 1. The van der Waals surface area contributed by atoms with Crippen LogP contribution in [0.4, 0.5) is 5.69 Å². The lowest BCUT2D eigenvalue weighted by atomic mass is 10.2. The lowest BCUT2D eigenvalue weighted by molar-refractivity contribution is -0.121. The minimum absolute atomic E-state index is 0.125. The Morgan fingerprint density at radius 3 is 2.57 bits per heavy atom. The number of carbonyl (C=O) groups is 1. The van der Waals surface area contributed by atoms with Crippen molar-refractivity contribution in [1.29, 1.82) is 0 Å². The van der Waals surface area contributed by atoms with Crippen LogP contribution in [0.1, 0.15) is 38.2 Å². The molecule has 2 N–H and O–H groups in total. The maximum atomic E-state index is 11.9. The molecule has 0 unspecified atom stereocenters. The van der Waals surface area contributed by atoms with Crippen LogP contribution in [0.2, 0.25) is 0 Å². The summed E-state index contributed by atoms with van der Waals surface area (Å²) in [6, 6.07) is 7.65. The lowest BCUT2D eigenvalue weighted by Crippen LogP contribution is -2.49. The SMILES string of the molecule is CCCCCC(=O)N[C@@H](Nc1cccc(C)c1)C(Cl)(Cl)Cl. The smallest absolute Gasteiger partial charge is 0.228 e. The molecule has 1 aromatic rings. The van der Waals surface area contributed by atoms with Crippen LogP contribution in [-0.4, -0.2) is 15.9 Å². The molecule has 0 aromatic heterocycles. The van der Waals surface area contributed by atoms with E-state index in [4.69, 9.17) is 34.8 Å². The number of nitrogens with one attached hydrogen (secondary N) is 2. The van der Waals surface area contributed by atoms with Gasteiger partial charge >= 0.3 is 0 Å². The predicted molar refractivity (Wildman–Crippen MR) is 91.2 cm³/mol. The van der Waals surface area contributed by atoms with E-state index in [1.165, 1.54) is 0 Å². The van der Waals surface area contributed by atoms with Crippen LogP contribution < -0.4 is 10.6 Å². The molecule has 0 aliphatic carbocycles. The van der Waals surface area contributed by atoms with Gasteiger partial charge < -0.3 is 10.6 Å². The third kappa shape index (κ3) is 7.25. The van der Waals surface area contributed by atoms with Crippen LogP contribution >= 0.6 is 34.8 Å². The van der Waals surface area contributed by atoms with Gasteiger partial charge in [-0.15, -0.1) is 0 Å². The van der Waals surface area contributed by atoms with Gasteiger partial charge in [-0.1, -0.05) is 66.7 Å². The third-order valence-corrected chi connectivity index (χ3v) is 3.62. The summed E-state index contributed by atoms with van der Waals surface area (Å²) < 4.78 is -1.63. The highest BCUT2D eigenvalue weighted by Gasteiger charge is 2.33. The Morgan fingerprint density at radius 2 is 2.00 bits per heavy atom. The maximum Gasteiger partial charge on any atom is 0.228 e. The zero-order valence-corrected chi connectivity index (χ0v) is 14.5. The Hall–Kier alpha value is -0.640. The Kier molecular flexibility index (Phi) is 7.64. The summed E-state index contributed by atoms with van der Waals surface area (Å²) in [7, 11) is 0. The van der Waals surface area contributed by atoms with Crippen molar-refractivity contribution in [3.63, 3.8) is 0 Å². The molecular formula is C15H21Cl3N2O. The molecule has 0 aliphatic heterocycles. The number of rotatable bonds is 7. The molecule has 6 heteroatoms. The van der Waals surface area contributed by atoms with Crippen LogP contribution in [0.25, 0.3) is 0 Å². The Morgan fingerprint density at radius 1 is 1.29 bits per heavy atom. The quantitative estimate of drug-likeness (QED) is 0.421. The van der Waals surface area contributed by atoms with Crippen molar-refractivity contribution < 1.29 is 4.79 Å². The van der Waals surface area contributed by atoms with Gasteiger partial charge in [0.05, 0.1) is 0 Å². The second-order valence-corrected chi connectivity index (χ2v) is 7.38. The number of anilines is 1. The molecule has 0 aliphatic rings. The van der Waals surface area contributed by atoms with E-state index in [2.05, 4.69) is 17.6 Å². The molecule has 0 saturated heterocycles. The molecule has 0 saturated carbocycles. The van der Waals surface area contributed by atoms with Gasteiger partial charge in [-0.05, 0) is 31.0 Å². The summed E-state index contributed by atoms with van der Waals surface area (Å²) in [6.45, 7) is 4.06. The summed E-state index contributed by atoms with van der Waals surface area (Å²) in [6.07, 6.45) is 2.55. The fraction of sp³-hybridized carbons (Fsp3) is 0.533. The van der Waals surface area contributed by atoms with Gasteiger partial charge in [0.2, 0.25) is 9.70 Å². The first-order chi connectivity index (χ1) is 9.82. The molecule has 118 valence electrons. The second-order valence-electron chi connectivity index (χ2n) is 5.01. The Labute approximate surface area is 141 Å². The van der Waals surface area contributed by atoms with Gasteiger partial charge in [-0.3, -0.25) is 4.79 Å². The highest BCUT2D eigenvalue weighted by Crippen LogP contribution is 2.31. The van der Waals surface area contributed by atoms with E-state index in [0.717, 1.165) is 30.5 Å². The van der Waals surface area contributed by atoms with Crippen molar-refractivity contribution in [2.24, 2.45) is 0 Å². The molecule has 21 heavy (non-hydrogen) atoms. The van der Waals surface area contributed by atoms with Crippen LogP contribution in [0.5, 0.6) is 0 Å². The number of halogens is 3. The fourth-order valence-electron chi connectivity index (χ4n) is 1.87. The maximum absolute atomic E-state index is 11.9. The van der Waals surface area contributed by atoms with E-state index in [-0.39, 0.29) is 5.91 Å². The number of aryl methyl sites for hydroxylation is 1. The molecule has 0 radical (unpaired) electrons. The van der Waals surface area contributed by atoms with Crippen LogP contribution in [0.15, 0.2) is 24.3 Å². The molecule has 0 spiro atoms. The van der Waals surface area contributed by atoms with Gasteiger partial charge in [-0.25, -0.2) is 0 Å². The van der Waals surface area contributed by atoms with Crippen molar-refractivity contribution >= 4 is 46.4 Å². The number of alkyl halides is 3. The van der Waals surface area contributed by atoms with Gasteiger partial charge in [-0.2, -0.15) is 0 Å². The standard InChI is InChI=1S/C15H21Cl3N2O/c1-3-4-5-9-13(21)20-14(15(16,17)18)19-12-8-6-7-11(2)10-12/h6-8,10,14,19H,3-5,9H2,1-2H3,(H,20,21)/t14-/m1/s1. The zero-order valence-electron chi connectivity index (χ0n) is 12.3. The topological polar surface area (TPSA) is 41.1 Å². The molecule has 0 fully saturated rings. The molecule has 3 nitrogen and oxygen atoms in total. The van der Waals surface area contributed by atoms with Gasteiger partial charge in [0.1, 0.15) is 6.17 Å². The molecule has 1 aromatic carbocycles. The van der Waals surface area contributed by atoms with Crippen LogP contribution in [0, 0.1) is 6.92 Å². The van der Waals surface area contributed by atoms with Crippen LogP contribution in [-0.2, 0) is 4.79 Å². The highest BCUT2D eigenvalue weighted by molar-refractivity contribution is 6.68. The third-order valence-electron chi connectivity index (χ3n) is 2.97. The van der Waals surface area contributed by atoms with Crippen molar-refractivity contribution in [2.45, 2.75) is 49.5 Å². The van der Waals surface area contributed by atoms with E-state index in [1.807, 2.05) is 31.2 Å². The van der Waals surface area contributed by atoms with E-state index < -0.39 is 9.96 Å². The van der Waals surface area contributed by atoms with Gasteiger partial charge in [0.15, 0.2) is 0 Å². The van der Waals surface area contributed by atoms with Gasteiger partial charge in [0.25, 0.3) is 0 Å². The number of hydrogen-bond donors (Lipinski definition) is 2. The first kappa shape index (κ1) is 18.4. The molecule has 0 heterocycles. The van der Waals surface area contributed by atoms with Crippen LogP contribution in [0.3, 0.4) is 0 Å². The average Bonchev–Trinajstić information content (AvgIpc) is 2.37. The minimum atomic E-state index is -1.63. The van der Waals surface area contributed by atoms with Crippen molar-refractivity contribution in [3.8, 4) is 0 Å². The zero-order chi connectivity index (χ0) is 15.9. The van der Waals surface area contributed by atoms with E-state index >= 15 is 0 Å². The van der Waals surface area contributed by atoms with Crippen molar-refractivity contribution in [3.05, 3.63) is 29.8 Å². The number of benzene rings is 1. The number of carbonyl (C=O) groups excluding carboxylic acids is 1. The average molecular weight is 352 g/mol. The van der Waals surface area contributed by atoms with Crippen molar-refractivity contribution in [1.82, 2.24) is 5.32 Å². The molecule has 0 bridgehead atoms. The Bertz CT molecular complexity index is 460. The normalized spacial score (nSPS) is 12.8. The Balaban J connectivity index is 2.66. The summed E-state index contributed by atoms with van der Waals surface area (Å²) in [5.41, 5.74) is 1.87. The lowest BCUT2D eigenvalue weighted by Gasteiger charge is -2.27. The number of hydrogen-bond acceptors (Lipinski definition) is 2. The number of unbranched alkanes of at least 4 members (excludes halogenated alkanes) is 2. The second kappa shape index (κ2) is 8.72.